The van der Waals surface area contributed by atoms with Crippen LogP contribution in [-0.4, -0.2) is 23.6 Å². The zero-order valence-corrected chi connectivity index (χ0v) is 16.9. The van der Waals surface area contributed by atoms with E-state index in [1.807, 2.05) is 12.1 Å². The van der Waals surface area contributed by atoms with Crippen molar-refractivity contribution in [1.82, 2.24) is 9.97 Å². The van der Waals surface area contributed by atoms with Gasteiger partial charge in [0.05, 0.1) is 22.0 Å². The number of halogens is 1. The van der Waals surface area contributed by atoms with Crippen molar-refractivity contribution < 1.29 is 8.42 Å². The third-order valence-corrected chi connectivity index (χ3v) is 6.46. The highest BCUT2D eigenvalue weighted by molar-refractivity contribution is 7.92. The quantitative estimate of drug-likeness (QED) is 0.659. The van der Waals surface area contributed by atoms with Gasteiger partial charge in [-0.2, -0.15) is 0 Å². The number of anilines is 1. The van der Waals surface area contributed by atoms with Crippen LogP contribution in [-0.2, 0) is 9.84 Å². The molecule has 0 aliphatic rings. The molecule has 0 aliphatic carbocycles. The largest absolute Gasteiger partial charge is 0.381 e. The number of benzene rings is 2. The van der Waals surface area contributed by atoms with Crippen LogP contribution >= 0.6 is 11.6 Å². The number of hydrogen-bond acceptors (Lipinski definition) is 5. The summed E-state index contributed by atoms with van der Waals surface area (Å²) in [5.74, 6) is 6.10. The molecule has 1 heterocycles. The van der Waals surface area contributed by atoms with E-state index in [4.69, 9.17) is 17.3 Å². The van der Waals surface area contributed by atoms with E-state index in [0.29, 0.717) is 16.4 Å². The molecule has 2 aromatic carbocycles. The molecule has 142 valence electrons. The van der Waals surface area contributed by atoms with Crippen molar-refractivity contribution in [2.24, 2.45) is 0 Å². The second-order valence-corrected chi connectivity index (χ2v) is 9.31. The highest BCUT2D eigenvalue weighted by atomic mass is 35.5. The number of nitrogen functional groups attached to an aromatic ring is 1. The molecule has 0 fully saturated rings. The number of hydrogen-bond donors (Lipinski definition) is 1. The highest BCUT2D eigenvalue weighted by Gasteiger charge is 2.19. The molecule has 0 saturated heterocycles. The minimum Gasteiger partial charge on any atom is -0.381 e. The summed E-state index contributed by atoms with van der Waals surface area (Å²) in [6.45, 7) is 3.30. The van der Waals surface area contributed by atoms with Gasteiger partial charge in [0.25, 0.3) is 0 Å². The van der Waals surface area contributed by atoms with E-state index in [2.05, 4.69) is 21.8 Å². The van der Waals surface area contributed by atoms with Crippen molar-refractivity contribution in [3.8, 4) is 23.1 Å². The lowest BCUT2D eigenvalue weighted by Crippen LogP contribution is -2.13. The van der Waals surface area contributed by atoms with Gasteiger partial charge in [-0.05, 0) is 50.1 Å². The summed E-state index contributed by atoms with van der Waals surface area (Å²) in [6, 6.07) is 13.7. The van der Waals surface area contributed by atoms with Gasteiger partial charge in [0.1, 0.15) is 0 Å². The molecule has 0 unspecified atom stereocenters. The van der Waals surface area contributed by atoms with Crippen LogP contribution < -0.4 is 5.73 Å². The van der Waals surface area contributed by atoms with Gasteiger partial charge in [-0.3, -0.25) is 0 Å². The van der Waals surface area contributed by atoms with Crippen molar-refractivity contribution in [3.05, 3.63) is 71.0 Å². The molecular weight excluding hydrogens is 394 g/mol. The Bertz CT molecular complexity index is 1180. The Morgan fingerprint density at radius 1 is 1.07 bits per heavy atom. The van der Waals surface area contributed by atoms with E-state index >= 15 is 0 Å². The van der Waals surface area contributed by atoms with Crippen molar-refractivity contribution in [2.75, 3.05) is 5.73 Å². The summed E-state index contributed by atoms with van der Waals surface area (Å²) in [6.07, 6.45) is 1.53. The van der Waals surface area contributed by atoms with Crippen molar-refractivity contribution in [3.63, 3.8) is 0 Å². The van der Waals surface area contributed by atoms with Gasteiger partial charge in [0.15, 0.2) is 21.3 Å². The van der Waals surface area contributed by atoms with Gasteiger partial charge in [0.2, 0.25) is 0 Å². The molecule has 0 aliphatic heterocycles. The number of rotatable bonds is 3. The van der Waals surface area contributed by atoms with Crippen LogP contribution in [0.2, 0.25) is 5.02 Å². The molecule has 5 nitrogen and oxygen atoms in total. The molecule has 7 heteroatoms. The first-order chi connectivity index (χ1) is 13.3. The van der Waals surface area contributed by atoms with Crippen LogP contribution in [0.1, 0.15) is 25.1 Å². The first-order valence-corrected chi connectivity index (χ1v) is 10.4. The van der Waals surface area contributed by atoms with E-state index in [9.17, 15) is 8.42 Å². The average molecular weight is 412 g/mol. The summed E-state index contributed by atoms with van der Waals surface area (Å²) >= 11 is 5.96. The predicted molar refractivity (Wildman–Crippen MR) is 112 cm³/mol. The molecule has 3 aromatic rings. The Labute approximate surface area is 169 Å². The molecule has 0 amide bonds. The lowest BCUT2D eigenvalue weighted by atomic mass is 10.1. The van der Waals surface area contributed by atoms with Crippen molar-refractivity contribution in [1.29, 1.82) is 0 Å². The second kappa shape index (κ2) is 8.01. The van der Waals surface area contributed by atoms with Gasteiger partial charge >= 0.3 is 0 Å². The van der Waals surface area contributed by atoms with E-state index in [1.54, 1.807) is 50.2 Å². The molecule has 0 saturated carbocycles. The fourth-order valence-electron chi connectivity index (χ4n) is 2.41. The van der Waals surface area contributed by atoms with Gasteiger partial charge < -0.3 is 5.73 Å². The van der Waals surface area contributed by atoms with Crippen LogP contribution in [0.25, 0.3) is 11.3 Å². The Morgan fingerprint density at radius 2 is 1.79 bits per heavy atom. The molecule has 0 radical (unpaired) electrons. The molecule has 1 aromatic heterocycles. The lowest BCUT2D eigenvalue weighted by molar-refractivity contribution is 0.587. The molecule has 0 atom stereocenters. The summed E-state index contributed by atoms with van der Waals surface area (Å²) in [4.78, 5) is 8.89. The Hall–Kier alpha value is -2.88. The van der Waals surface area contributed by atoms with Crippen molar-refractivity contribution in [2.45, 2.75) is 24.0 Å². The minimum atomic E-state index is -3.32. The summed E-state index contributed by atoms with van der Waals surface area (Å²) < 4.78 is 24.5. The number of nitrogens with two attached hydrogens (primary N) is 1. The highest BCUT2D eigenvalue weighted by Crippen LogP contribution is 2.22. The Morgan fingerprint density at radius 3 is 2.43 bits per heavy atom. The maximum atomic E-state index is 12.3. The molecular formula is C21H18ClN3O2S. The molecule has 3 rings (SSSR count). The van der Waals surface area contributed by atoms with Crippen LogP contribution in [0.15, 0.2) is 59.6 Å². The fourth-order valence-corrected chi connectivity index (χ4v) is 3.66. The monoisotopic (exact) mass is 411 g/mol. The summed E-state index contributed by atoms with van der Waals surface area (Å²) in [5.41, 5.74) is 8.25. The normalized spacial score (nSPS) is 11.1. The zero-order valence-electron chi connectivity index (χ0n) is 15.3. The number of nitrogens with zero attached hydrogens (tertiary/aromatic N) is 2. The number of sulfone groups is 1. The van der Waals surface area contributed by atoms with Gasteiger partial charge in [-0.1, -0.05) is 35.7 Å². The SMILES string of the molecule is CC(C)S(=O)(=O)c1ccc(-c2cnc(N)c(C#Cc3cccc(Cl)c3)n2)cc1. The van der Waals surface area contributed by atoms with Crippen LogP contribution in [0.3, 0.4) is 0 Å². The maximum Gasteiger partial charge on any atom is 0.180 e. The van der Waals surface area contributed by atoms with Crippen LogP contribution in [0.5, 0.6) is 0 Å². The standard InChI is InChI=1S/C21H18ClN3O2S/c1-14(2)28(26,27)18-9-7-16(8-10-18)20-13-24-21(23)19(25-20)11-6-15-4-3-5-17(22)12-15/h3-5,7-10,12-14H,1-2H3,(H2,23,24). The first-order valence-electron chi connectivity index (χ1n) is 8.52. The third kappa shape index (κ3) is 4.33. The Kier molecular flexibility index (Phi) is 5.68. The first kappa shape index (κ1) is 19.9. The smallest absolute Gasteiger partial charge is 0.180 e. The van der Waals surface area contributed by atoms with Gasteiger partial charge in [-0.25, -0.2) is 18.4 Å². The summed E-state index contributed by atoms with van der Waals surface area (Å²) in [7, 11) is -3.32. The number of aromatic nitrogens is 2. The van der Waals surface area contributed by atoms with Gasteiger partial charge in [-0.15, -0.1) is 0 Å². The Balaban J connectivity index is 1.94. The summed E-state index contributed by atoms with van der Waals surface area (Å²) in [5, 5.41) is 0.110. The maximum absolute atomic E-state index is 12.3. The predicted octanol–water partition coefficient (Wildman–Crippen LogP) is 3.96. The van der Waals surface area contributed by atoms with Crippen LogP contribution in [0, 0.1) is 11.8 Å². The van der Waals surface area contributed by atoms with Crippen LogP contribution in [0.4, 0.5) is 5.82 Å². The van der Waals surface area contributed by atoms with E-state index in [0.717, 1.165) is 11.1 Å². The van der Waals surface area contributed by atoms with E-state index in [1.165, 1.54) is 6.20 Å². The zero-order chi connectivity index (χ0) is 20.3. The molecule has 0 spiro atoms. The lowest BCUT2D eigenvalue weighted by Gasteiger charge is -2.08. The molecule has 2 N–H and O–H groups in total. The molecule has 0 bridgehead atoms. The van der Waals surface area contributed by atoms with E-state index < -0.39 is 15.1 Å². The van der Waals surface area contributed by atoms with Crippen molar-refractivity contribution >= 4 is 27.3 Å². The van der Waals surface area contributed by atoms with Gasteiger partial charge in [0, 0.05) is 16.1 Å². The van der Waals surface area contributed by atoms with E-state index in [-0.39, 0.29) is 10.7 Å². The topological polar surface area (TPSA) is 85.9 Å². The average Bonchev–Trinajstić information content (AvgIpc) is 2.67. The second-order valence-electron chi connectivity index (χ2n) is 6.37. The third-order valence-electron chi connectivity index (χ3n) is 4.05. The minimum absolute atomic E-state index is 0.220. The molecule has 28 heavy (non-hydrogen) atoms. The fraction of sp³-hybridized carbons (Fsp3) is 0.143.